The van der Waals surface area contributed by atoms with Crippen molar-refractivity contribution in [2.75, 3.05) is 4.90 Å². The number of aryl methyl sites for hydroxylation is 1. The van der Waals surface area contributed by atoms with Gasteiger partial charge in [-0.3, -0.25) is 9.59 Å². The van der Waals surface area contributed by atoms with Crippen LogP contribution in [0.3, 0.4) is 0 Å². The zero-order chi connectivity index (χ0) is 19.9. The fourth-order valence-electron chi connectivity index (χ4n) is 3.52. The molecule has 0 aliphatic carbocycles. The lowest BCUT2D eigenvalue weighted by Gasteiger charge is -2.22. The summed E-state index contributed by atoms with van der Waals surface area (Å²) in [6.45, 7) is 2.26. The highest BCUT2D eigenvalue weighted by Gasteiger charge is 2.51. The van der Waals surface area contributed by atoms with Crippen LogP contribution in [-0.4, -0.2) is 16.8 Å². The summed E-state index contributed by atoms with van der Waals surface area (Å²) in [4.78, 5) is 29.2. The molecule has 2 heterocycles. The highest BCUT2D eigenvalue weighted by atomic mass is 79.9. The Morgan fingerprint density at radius 1 is 1.14 bits per heavy atom. The first kappa shape index (κ1) is 19.1. The van der Waals surface area contributed by atoms with Crippen LogP contribution in [0.25, 0.3) is 0 Å². The van der Waals surface area contributed by atoms with Gasteiger partial charge in [0.05, 0.1) is 23.5 Å². The predicted octanol–water partition coefficient (Wildman–Crippen LogP) is 4.83. The average molecular weight is 456 g/mol. The minimum absolute atomic E-state index is 0.235. The lowest BCUT2D eigenvalue weighted by molar-refractivity contribution is -0.136. The van der Waals surface area contributed by atoms with Crippen LogP contribution in [0.1, 0.15) is 32.1 Å². The van der Waals surface area contributed by atoms with Crippen LogP contribution >= 0.6 is 27.3 Å². The Kier molecular flexibility index (Phi) is 4.95. The van der Waals surface area contributed by atoms with E-state index in [1.54, 1.807) is 23.1 Å². The van der Waals surface area contributed by atoms with Gasteiger partial charge in [0.1, 0.15) is 0 Å². The molecule has 0 fully saturated rings. The molecule has 28 heavy (non-hydrogen) atoms. The monoisotopic (exact) mass is 455 g/mol. The van der Waals surface area contributed by atoms with E-state index in [1.165, 1.54) is 11.3 Å². The van der Waals surface area contributed by atoms with Crippen molar-refractivity contribution in [1.29, 1.82) is 0 Å². The van der Waals surface area contributed by atoms with E-state index < -0.39 is 11.5 Å². The molecular formula is C22H18BrNO3S. The maximum atomic E-state index is 13.3. The van der Waals surface area contributed by atoms with Crippen LogP contribution in [0.4, 0.5) is 5.69 Å². The van der Waals surface area contributed by atoms with Crippen LogP contribution in [0.5, 0.6) is 0 Å². The maximum absolute atomic E-state index is 13.3. The van der Waals surface area contributed by atoms with Crippen LogP contribution < -0.4 is 4.90 Å². The summed E-state index contributed by atoms with van der Waals surface area (Å²) in [6, 6.07) is 18.6. The van der Waals surface area contributed by atoms with Crippen molar-refractivity contribution < 1.29 is 14.7 Å². The first-order chi connectivity index (χ1) is 13.4. The molecular weight excluding hydrogens is 438 g/mol. The van der Waals surface area contributed by atoms with Crippen molar-refractivity contribution in [3.63, 3.8) is 0 Å². The number of thiophene rings is 1. The Balaban J connectivity index is 1.72. The van der Waals surface area contributed by atoms with Crippen molar-refractivity contribution in [2.24, 2.45) is 0 Å². The Morgan fingerprint density at radius 3 is 2.57 bits per heavy atom. The fraction of sp³-hybridized carbons (Fsp3) is 0.182. The summed E-state index contributed by atoms with van der Waals surface area (Å²) >= 11 is 4.79. The van der Waals surface area contributed by atoms with Gasteiger partial charge >= 0.3 is 0 Å². The van der Waals surface area contributed by atoms with Gasteiger partial charge < -0.3 is 10.0 Å². The Bertz CT molecular complexity index is 1060. The topological polar surface area (TPSA) is 57.6 Å². The van der Waals surface area contributed by atoms with Gasteiger partial charge in [-0.2, -0.15) is 0 Å². The third-order valence-electron chi connectivity index (χ3n) is 4.91. The first-order valence-electron chi connectivity index (χ1n) is 8.86. The number of hydrogen-bond acceptors (Lipinski definition) is 4. The SMILES string of the molecule is Cc1ccc(C(=O)C[C@]2(O)C(=O)N(Cc3ccccc3)c3ccc(Br)cc32)s1. The van der Waals surface area contributed by atoms with Gasteiger partial charge in [-0.25, -0.2) is 0 Å². The molecule has 1 aromatic heterocycles. The van der Waals surface area contributed by atoms with Gasteiger partial charge in [0.15, 0.2) is 11.4 Å². The number of carbonyl (C=O) groups is 2. The highest BCUT2D eigenvalue weighted by molar-refractivity contribution is 9.10. The first-order valence-corrected chi connectivity index (χ1v) is 10.5. The molecule has 0 radical (unpaired) electrons. The second-order valence-corrected chi connectivity index (χ2v) is 9.11. The van der Waals surface area contributed by atoms with Gasteiger partial charge in [-0.1, -0.05) is 46.3 Å². The molecule has 0 spiro atoms. The Morgan fingerprint density at radius 2 is 1.89 bits per heavy atom. The number of fused-ring (bicyclic) bond motifs is 1. The second kappa shape index (κ2) is 7.28. The quantitative estimate of drug-likeness (QED) is 0.560. The van der Waals surface area contributed by atoms with Crippen molar-refractivity contribution in [2.45, 2.75) is 25.5 Å². The zero-order valence-electron chi connectivity index (χ0n) is 15.2. The predicted molar refractivity (Wildman–Crippen MR) is 114 cm³/mol. The molecule has 0 saturated heterocycles. The van der Waals surface area contributed by atoms with Crippen molar-refractivity contribution >= 4 is 44.6 Å². The third kappa shape index (κ3) is 3.32. The molecule has 1 N–H and O–H groups in total. The molecule has 3 aromatic rings. The molecule has 6 heteroatoms. The van der Waals surface area contributed by atoms with Crippen LogP contribution in [-0.2, 0) is 16.9 Å². The summed E-state index contributed by atoms with van der Waals surface area (Å²) in [5.41, 5.74) is 0.177. The van der Waals surface area contributed by atoms with Crippen molar-refractivity contribution in [3.05, 3.63) is 86.0 Å². The maximum Gasteiger partial charge on any atom is 0.264 e. The minimum Gasteiger partial charge on any atom is -0.375 e. The number of aliphatic hydroxyl groups is 1. The highest BCUT2D eigenvalue weighted by Crippen LogP contribution is 2.45. The molecule has 1 aliphatic rings. The van der Waals surface area contributed by atoms with E-state index in [-0.39, 0.29) is 12.2 Å². The summed E-state index contributed by atoms with van der Waals surface area (Å²) in [7, 11) is 0. The number of anilines is 1. The number of Topliss-reactive ketones (excluding diaryl/α,β-unsaturated/α-hetero) is 1. The summed E-state index contributed by atoms with van der Waals surface area (Å²) < 4.78 is 0.749. The number of ketones is 1. The number of amides is 1. The number of nitrogens with zero attached hydrogens (tertiary/aromatic N) is 1. The second-order valence-electron chi connectivity index (χ2n) is 6.91. The molecule has 2 aromatic carbocycles. The van der Waals surface area contributed by atoms with Crippen molar-refractivity contribution in [3.8, 4) is 0 Å². The Labute approximate surface area is 175 Å². The molecule has 1 atom stereocenters. The van der Waals surface area contributed by atoms with E-state index in [4.69, 9.17) is 0 Å². The van der Waals surface area contributed by atoms with Gasteiger partial charge in [0.2, 0.25) is 0 Å². The average Bonchev–Trinajstić information content (AvgIpc) is 3.19. The van der Waals surface area contributed by atoms with Gasteiger partial charge in [-0.05, 0) is 42.8 Å². The van der Waals surface area contributed by atoms with E-state index in [2.05, 4.69) is 15.9 Å². The normalized spacial score (nSPS) is 18.4. The van der Waals surface area contributed by atoms with E-state index in [0.717, 1.165) is 14.9 Å². The Hall–Kier alpha value is -2.28. The zero-order valence-corrected chi connectivity index (χ0v) is 17.6. The molecule has 4 rings (SSSR count). The fourth-order valence-corrected chi connectivity index (χ4v) is 4.69. The summed E-state index contributed by atoms with van der Waals surface area (Å²) in [5.74, 6) is -0.701. The van der Waals surface area contributed by atoms with E-state index in [0.29, 0.717) is 22.7 Å². The lowest BCUT2D eigenvalue weighted by atomic mass is 9.89. The number of rotatable bonds is 5. The lowest BCUT2D eigenvalue weighted by Crippen LogP contribution is -2.41. The van der Waals surface area contributed by atoms with Gasteiger partial charge in [0, 0.05) is 14.9 Å². The van der Waals surface area contributed by atoms with Crippen LogP contribution in [0.15, 0.2) is 65.1 Å². The van der Waals surface area contributed by atoms with E-state index >= 15 is 0 Å². The number of hydrogen-bond donors (Lipinski definition) is 1. The number of benzene rings is 2. The number of carbonyl (C=O) groups excluding carboxylic acids is 2. The molecule has 0 bridgehead atoms. The molecule has 0 unspecified atom stereocenters. The third-order valence-corrected chi connectivity index (χ3v) is 6.44. The molecule has 0 saturated carbocycles. The van der Waals surface area contributed by atoms with E-state index in [9.17, 15) is 14.7 Å². The summed E-state index contributed by atoms with van der Waals surface area (Å²) in [5, 5.41) is 11.4. The van der Waals surface area contributed by atoms with Crippen molar-refractivity contribution in [1.82, 2.24) is 0 Å². The molecule has 142 valence electrons. The number of halogens is 1. The van der Waals surface area contributed by atoms with Gasteiger partial charge in [0.25, 0.3) is 5.91 Å². The summed E-state index contributed by atoms with van der Waals surface area (Å²) in [6.07, 6.45) is -0.277. The smallest absolute Gasteiger partial charge is 0.264 e. The minimum atomic E-state index is -1.87. The van der Waals surface area contributed by atoms with Crippen LogP contribution in [0.2, 0.25) is 0 Å². The largest absolute Gasteiger partial charge is 0.375 e. The van der Waals surface area contributed by atoms with Gasteiger partial charge in [-0.15, -0.1) is 11.3 Å². The van der Waals surface area contributed by atoms with Crippen LogP contribution in [0, 0.1) is 6.92 Å². The molecule has 1 aliphatic heterocycles. The standard InChI is InChI=1S/C22H18BrNO3S/c1-14-7-10-20(28-14)19(25)12-22(27)17-11-16(23)8-9-18(17)24(21(22)26)13-15-5-3-2-4-6-15/h2-11,27H,12-13H2,1H3/t22-/m1/s1. The molecule has 1 amide bonds. The molecule has 4 nitrogen and oxygen atoms in total. The van der Waals surface area contributed by atoms with E-state index in [1.807, 2.05) is 49.4 Å².